The Bertz CT molecular complexity index is 719. The first kappa shape index (κ1) is 15.2. The first-order valence-electron chi connectivity index (χ1n) is 7.16. The van der Waals surface area contributed by atoms with Crippen molar-refractivity contribution in [2.45, 2.75) is 12.5 Å². The highest BCUT2D eigenvalue weighted by Gasteiger charge is 2.26. The van der Waals surface area contributed by atoms with E-state index >= 15 is 0 Å². The van der Waals surface area contributed by atoms with Gasteiger partial charge in [-0.05, 0) is 42.8 Å². The highest BCUT2D eigenvalue weighted by atomic mass is 16.7. The number of carbonyl (C=O) groups is 1. The lowest BCUT2D eigenvalue weighted by Crippen LogP contribution is -2.37. The first-order chi connectivity index (χ1) is 11.0. The molecule has 2 N–H and O–H groups in total. The first-order valence-corrected chi connectivity index (χ1v) is 7.16. The Hall–Kier alpha value is -2.73. The van der Waals surface area contributed by atoms with Crippen molar-refractivity contribution in [2.24, 2.45) is 0 Å². The number of hydrogen-bond acceptors (Lipinski definition) is 5. The van der Waals surface area contributed by atoms with E-state index in [4.69, 9.17) is 13.9 Å². The number of amides is 1. The third-order valence-electron chi connectivity index (χ3n) is 3.48. The second-order valence-electron chi connectivity index (χ2n) is 5.41. The highest BCUT2D eigenvalue weighted by molar-refractivity contribution is 5.91. The molecule has 0 saturated carbocycles. The minimum Gasteiger partial charge on any atom is -0.466 e. The molecule has 2 heterocycles. The van der Waals surface area contributed by atoms with E-state index in [0.29, 0.717) is 17.3 Å². The second kappa shape index (κ2) is 6.18. The molecule has 0 radical (unpaired) electrons. The van der Waals surface area contributed by atoms with Gasteiger partial charge < -0.3 is 24.3 Å². The molecule has 120 valence electrons. The van der Waals surface area contributed by atoms with E-state index in [0.717, 1.165) is 5.56 Å². The van der Waals surface area contributed by atoms with Crippen LogP contribution in [0.15, 0.2) is 47.1 Å². The van der Waals surface area contributed by atoms with Crippen molar-refractivity contribution < 1.29 is 23.8 Å². The monoisotopic (exact) mass is 315 g/mol. The third kappa shape index (κ3) is 3.54. The van der Waals surface area contributed by atoms with Crippen LogP contribution in [-0.2, 0) is 10.4 Å². The maximum Gasteiger partial charge on any atom is 0.244 e. The summed E-state index contributed by atoms with van der Waals surface area (Å²) in [6.45, 7) is 1.84. The lowest BCUT2D eigenvalue weighted by Gasteiger charge is -2.20. The van der Waals surface area contributed by atoms with Gasteiger partial charge in [-0.15, -0.1) is 0 Å². The zero-order chi connectivity index (χ0) is 16.3. The van der Waals surface area contributed by atoms with Crippen molar-refractivity contribution in [2.75, 3.05) is 13.3 Å². The Morgan fingerprint density at radius 3 is 2.96 bits per heavy atom. The summed E-state index contributed by atoms with van der Waals surface area (Å²) in [5.41, 5.74) is -0.437. The lowest BCUT2D eigenvalue weighted by atomic mass is 10.0. The molecular weight excluding hydrogens is 298 g/mol. The van der Waals surface area contributed by atoms with Crippen LogP contribution < -0.4 is 14.8 Å². The van der Waals surface area contributed by atoms with E-state index < -0.39 is 5.60 Å². The van der Waals surface area contributed by atoms with Crippen LogP contribution in [0, 0.1) is 0 Å². The van der Waals surface area contributed by atoms with E-state index in [2.05, 4.69) is 5.32 Å². The molecule has 0 spiro atoms. The summed E-state index contributed by atoms with van der Waals surface area (Å²) in [5.74, 6) is 1.45. The van der Waals surface area contributed by atoms with Crippen LogP contribution >= 0.6 is 0 Å². The molecule has 0 fully saturated rings. The average molecular weight is 315 g/mol. The van der Waals surface area contributed by atoms with E-state index in [-0.39, 0.29) is 19.2 Å². The van der Waals surface area contributed by atoms with Gasteiger partial charge in [0.25, 0.3) is 0 Å². The smallest absolute Gasteiger partial charge is 0.244 e. The van der Waals surface area contributed by atoms with Crippen LogP contribution in [-0.4, -0.2) is 24.4 Å². The van der Waals surface area contributed by atoms with Gasteiger partial charge in [0.1, 0.15) is 11.4 Å². The van der Waals surface area contributed by atoms with E-state index in [1.54, 1.807) is 37.3 Å². The summed E-state index contributed by atoms with van der Waals surface area (Å²) in [6, 6.07) is 8.77. The second-order valence-corrected chi connectivity index (χ2v) is 5.41. The predicted octanol–water partition coefficient (Wildman–Crippen LogP) is 2.05. The molecule has 2 aromatic rings. The van der Waals surface area contributed by atoms with E-state index in [1.807, 2.05) is 6.07 Å². The number of nitrogens with one attached hydrogen (secondary N) is 1. The SMILES string of the molecule is CC(O)(CNC(=O)C=Cc1ccc2c(c1)OCO2)c1ccco1. The number of fused-ring (bicyclic) bond motifs is 1. The van der Waals surface area contributed by atoms with Gasteiger partial charge in [-0.2, -0.15) is 0 Å². The summed E-state index contributed by atoms with van der Waals surface area (Å²) in [5, 5.41) is 12.9. The zero-order valence-electron chi connectivity index (χ0n) is 12.6. The fourth-order valence-corrected chi connectivity index (χ4v) is 2.18. The molecular formula is C17H17NO5. The standard InChI is InChI=1S/C17H17NO5/c1-17(20,15-3-2-8-21-15)10-18-16(19)7-5-12-4-6-13-14(9-12)23-11-22-13/h2-9,20H,10-11H2,1H3,(H,18,19). The zero-order valence-corrected chi connectivity index (χ0v) is 12.6. The number of carbonyl (C=O) groups excluding carboxylic acids is 1. The van der Waals surface area contributed by atoms with Crippen LogP contribution in [0.25, 0.3) is 6.08 Å². The van der Waals surface area contributed by atoms with Gasteiger partial charge in [-0.25, -0.2) is 0 Å². The maximum absolute atomic E-state index is 11.9. The molecule has 3 rings (SSSR count). The van der Waals surface area contributed by atoms with Crippen molar-refractivity contribution in [3.63, 3.8) is 0 Å². The number of ether oxygens (including phenoxy) is 2. The maximum atomic E-state index is 11.9. The Labute approximate surface area is 133 Å². The van der Waals surface area contributed by atoms with Crippen LogP contribution in [0.2, 0.25) is 0 Å². The molecule has 0 aliphatic carbocycles. The van der Waals surface area contributed by atoms with Crippen molar-refractivity contribution in [3.8, 4) is 11.5 Å². The average Bonchev–Trinajstić information content (AvgIpc) is 3.21. The Kier molecular flexibility index (Phi) is 4.08. The summed E-state index contributed by atoms with van der Waals surface area (Å²) in [7, 11) is 0. The van der Waals surface area contributed by atoms with Crippen molar-refractivity contribution in [1.82, 2.24) is 5.32 Å². The van der Waals surface area contributed by atoms with Gasteiger partial charge in [-0.3, -0.25) is 4.79 Å². The van der Waals surface area contributed by atoms with Crippen LogP contribution in [0.4, 0.5) is 0 Å². The summed E-state index contributed by atoms with van der Waals surface area (Å²) < 4.78 is 15.7. The molecule has 6 nitrogen and oxygen atoms in total. The van der Waals surface area contributed by atoms with Gasteiger partial charge >= 0.3 is 0 Å². The summed E-state index contributed by atoms with van der Waals surface area (Å²) in [6.07, 6.45) is 4.54. The number of furan rings is 1. The Balaban J connectivity index is 1.57. The molecule has 23 heavy (non-hydrogen) atoms. The molecule has 1 aliphatic heterocycles. The molecule has 1 amide bonds. The fraction of sp³-hybridized carbons (Fsp3) is 0.235. The topological polar surface area (TPSA) is 80.9 Å². The van der Waals surface area contributed by atoms with Crippen molar-refractivity contribution in [3.05, 3.63) is 54.0 Å². The van der Waals surface area contributed by atoms with Crippen LogP contribution in [0.3, 0.4) is 0 Å². The number of hydrogen-bond donors (Lipinski definition) is 2. The molecule has 1 aliphatic rings. The van der Waals surface area contributed by atoms with Crippen molar-refractivity contribution in [1.29, 1.82) is 0 Å². The molecule has 6 heteroatoms. The lowest BCUT2D eigenvalue weighted by molar-refractivity contribution is -0.117. The molecule has 0 saturated heterocycles. The number of aliphatic hydroxyl groups is 1. The highest BCUT2D eigenvalue weighted by Crippen LogP contribution is 2.32. The number of benzene rings is 1. The van der Waals surface area contributed by atoms with Gasteiger partial charge in [0, 0.05) is 6.08 Å². The molecule has 0 bridgehead atoms. The number of rotatable bonds is 5. The Morgan fingerprint density at radius 2 is 2.17 bits per heavy atom. The van der Waals surface area contributed by atoms with Crippen LogP contribution in [0.5, 0.6) is 11.5 Å². The third-order valence-corrected chi connectivity index (χ3v) is 3.48. The van der Waals surface area contributed by atoms with Crippen molar-refractivity contribution >= 4 is 12.0 Å². The van der Waals surface area contributed by atoms with E-state index in [9.17, 15) is 9.90 Å². The van der Waals surface area contributed by atoms with E-state index in [1.165, 1.54) is 12.3 Å². The van der Waals surface area contributed by atoms with Gasteiger partial charge in [0.2, 0.25) is 12.7 Å². The molecule has 1 unspecified atom stereocenters. The largest absolute Gasteiger partial charge is 0.466 e. The van der Waals surface area contributed by atoms with Gasteiger partial charge in [0.05, 0.1) is 12.8 Å². The van der Waals surface area contributed by atoms with Crippen LogP contribution in [0.1, 0.15) is 18.2 Å². The quantitative estimate of drug-likeness (QED) is 0.825. The Morgan fingerprint density at radius 1 is 1.35 bits per heavy atom. The minimum atomic E-state index is -1.26. The molecule has 1 aromatic heterocycles. The summed E-state index contributed by atoms with van der Waals surface area (Å²) >= 11 is 0. The predicted molar refractivity (Wildman–Crippen MR) is 82.9 cm³/mol. The molecule has 1 aromatic carbocycles. The minimum absolute atomic E-state index is 0.0465. The van der Waals surface area contributed by atoms with Gasteiger partial charge in [-0.1, -0.05) is 6.07 Å². The summed E-state index contributed by atoms with van der Waals surface area (Å²) in [4.78, 5) is 11.9. The fourth-order valence-electron chi connectivity index (χ4n) is 2.18. The van der Waals surface area contributed by atoms with Gasteiger partial charge in [0.15, 0.2) is 11.5 Å². The normalized spacial score (nSPS) is 15.6. The molecule has 1 atom stereocenters.